The van der Waals surface area contributed by atoms with Gasteiger partial charge in [0.05, 0.1) is 12.8 Å². The molecule has 4 aromatic rings. The fourth-order valence-electron chi connectivity index (χ4n) is 2.97. The van der Waals surface area contributed by atoms with Gasteiger partial charge in [0, 0.05) is 22.6 Å². The average molecular weight is 470 g/mol. The fraction of sp³-hybridized carbons (Fsp3) is 0.0833. The lowest BCUT2D eigenvalue weighted by Gasteiger charge is -2.12. The van der Waals surface area contributed by atoms with Crippen molar-refractivity contribution < 1.29 is 27.4 Å². The van der Waals surface area contributed by atoms with Gasteiger partial charge in [-0.3, -0.25) is 4.79 Å². The zero-order valence-electron chi connectivity index (χ0n) is 17.3. The molecule has 33 heavy (non-hydrogen) atoms. The summed E-state index contributed by atoms with van der Waals surface area (Å²) in [5.41, 5.74) is 1.08. The standard InChI is InChI=1S/C24H17F3N2O3S/c1-31-22-10-14(7-9-21(22)32-12-15-6-8-16(25)11-18(15)27)24-29-20(13-33-24)23(30)28-19-5-3-2-4-17(19)26/h2-11,13H,12H2,1H3,(H,28,30). The van der Waals surface area contributed by atoms with Crippen LogP contribution >= 0.6 is 11.3 Å². The molecule has 0 saturated carbocycles. The van der Waals surface area contributed by atoms with E-state index in [2.05, 4.69) is 10.3 Å². The molecular formula is C24H17F3N2O3S. The number of benzene rings is 3. The van der Waals surface area contributed by atoms with Gasteiger partial charge in [0.15, 0.2) is 11.5 Å². The van der Waals surface area contributed by atoms with Gasteiger partial charge in [-0.15, -0.1) is 11.3 Å². The van der Waals surface area contributed by atoms with Crippen molar-refractivity contribution in [3.05, 3.63) is 94.8 Å². The van der Waals surface area contributed by atoms with E-state index in [1.165, 1.54) is 42.7 Å². The number of ether oxygens (including phenoxy) is 2. The fourth-order valence-corrected chi connectivity index (χ4v) is 3.77. The van der Waals surface area contributed by atoms with Gasteiger partial charge in [0.1, 0.15) is 34.8 Å². The van der Waals surface area contributed by atoms with Crippen LogP contribution in [0, 0.1) is 17.5 Å². The average Bonchev–Trinajstić information content (AvgIpc) is 3.30. The summed E-state index contributed by atoms with van der Waals surface area (Å²) in [6, 6.07) is 14.2. The number of nitrogens with zero attached hydrogens (tertiary/aromatic N) is 1. The Balaban J connectivity index is 1.49. The van der Waals surface area contributed by atoms with E-state index >= 15 is 0 Å². The molecule has 3 aromatic carbocycles. The monoisotopic (exact) mass is 470 g/mol. The molecule has 0 saturated heterocycles. The first-order chi connectivity index (χ1) is 15.9. The molecule has 0 aliphatic heterocycles. The molecular weight excluding hydrogens is 453 g/mol. The van der Waals surface area contributed by atoms with Crippen molar-refractivity contribution in [2.24, 2.45) is 0 Å². The summed E-state index contributed by atoms with van der Waals surface area (Å²) in [4.78, 5) is 16.8. The number of thiazole rings is 1. The number of para-hydroxylation sites is 1. The molecule has 0 bridgehead atoms. The number of hydrogen-bond acceptors (Lipinski definition) is 5. The minimum absolute atomic E-state index is 0.0674. The molecule has 9 heteroatoms. The number of hydrogen-bond donors (Lipinski definition) is 1. The van der Waals surface area contributed by atoms with Crippen LogP contribution in [0.3, 0.4) is 0 Å². The van der Waals surface area contributed by atoms with E-state index < -0.39 is 23.4 Å². The van der Waals surface area contributed by atoms with Crippen LogP contribution in [0.15, 0.2) is 66.0 Å². The molecule has 4 rings (SSSR count). The Hall–Kier alpha value is -3.85. The molecule has 1 heterocycles. The smallest absolute Gasteiger partial charge is 0.275 e. The van der Waals surface area contributed by atoms with Crippen LogP contribution in [0.5, 0.6) is 11.5 Å². The Labute approximate surface area is 191 Å². The highest BCUT2D eigenvalue weighted by atomic mass is 32.1. The summed E-state index contributed by atoms with van der Waals surface area (Å²) in [7, 11) is 1.46. The van der Waals surface area contributed by atoms with Gasteiger partial charge < -0.3 is 14.8 Å². The van der Waals surface area contributed by atoms with E-state index in [9.17, 15) is 18.0 Å². The molecule has 0 radical (unpaired) electrons. The van der Waals surface area contributed by atoms with E-state index in [0.29, 0.717) is 22.1 Å². The first-order valence-electron chi connectivity index (χ1n) is 9.71. The van der Waals surface area contributed by atoms with E-state index in [0.717, 1.165) is 12.1 Å². The number of carbonyl (C=O) groups excluding carboxylic acids is 1. The van der Waals surface area contributed by atoms with Gasteiger partial charge in [0.25, 0.3) is 5.91 Å². The highest BCUT2D eigenvalue weighted by molar-refractivity contribution is 7.13. The van der Waals surface area contributed by atoms with Crippen LogP contribution in [-0.4, -0.2) is 18.0 Å². The molecule has 168 valence electrons. The molecule has 0 fully saturated rings. The summed E-state index contributed by atoms with van der Waals surface area (Å²) in [5, 5.41) is 4.61. The van der Waals surface area contributed by atoms with Crippen LogP contribution in [-0.2, 0) is 6.61 Å². The number of methoxy groups -OCH3 is 1. The third kappa shape index (κ3) is 5.15. The Morgan fingerprint density at radius 3 is 2.58 bits per heavy atom. The molecule has 0 unspecified atom stereocenters. The minimum atomic E-state index is -0.699. The first-order valence-corrected chi connectivity index (χ1v) is 10.6. The van der Waals surface area contributed by atoms with Gasteiger partial charge in [-0.2, -0.15) is 0 Å². The Morgan fingerprint density at radius 2 is 1.82 bits per heavy atom. The third-order valence-electron chi connectivity index (χ3n) is 4.67. The third-order valence-corrected chi connectivity index (χ3v) is 5.56. The van der Waals surface area contributed by atoms with Crippen molar-refractivity contribution in [2.45, 2.75) is 6.61 Å². The van der Waals surface area contributed by atoms with Crippen LogP contribution in [0.25, 0.3) is 10.6 Å². The predicted octanol–water partition coefficient (Wildman–Crippen LogP) is 6.07. The number of anilines is 1. The Bertz CT molecular complexity index is 1310. The summed E-state index contributed by atoms with van der Waals surface area (Å²) >= 11 is 1.24. The van der Waals surface area contributed by atoms with Crippen molar-refractivity contribution >= 4 is 22.9 Å². The number of halogens is 3. The topological polar surface area (TPSA) is 60.5 Å². The normalized spacial score (nSPS) is 10.7. The van der Waals surface area contributed by atoms with Gasteiger partial charge in [-0.25, -0.2) is 18.2 Å². The van der Waals surface area contributed by atoms with Gasteiger partial charge in [0.2, 0.25) is 0 Å². The second-order valence-electron chi connectivity index (χ2n) is 6.86. The maximum absolute atomic E-state index is 13.8. The van der Waals surface area contributed by atoms with Crippen molar-refractivity contribution in [1.29, 1.82) is 0 Å². The number of nitrogens with one attached hydrogen (secondary N) is 1. The van der Waals surface area contributed by atoms with Gasteiger partial charge in [-0.1, -0.05) is 12.1 Å². The molecule has 1 N–H and O–H groups in total. The van der Waals surface area contributed by atoms with Crippen LogP contribution in [0.2, 0.25) is 0 Å². The summed E-state index contributed by atoms with van der Waals surface area (Å²) < 4.78 is 51.7. The van der Waals surface area contributed by atoms with Crippen LogP contribution in [0.1, 0.15) is 16.1 Å². The van der Waals surface area contributed by atoms with Crippen LogP contribution < -0.4 is 14.8 Å². The minimum Gasteiger partial charge on any atom is -0.493 e. The van der Waals surface area contributed by atoms with Crippen molar-refractivity contribution in [3.63, 3.8) is 0 Å². The number of rotatable bonds is 7. The lowest BCUT2D eigenvalue weighted by atomic mass is 10.2. The van der Waals surface area contributed by atoms with Crippen LogP contribution in [0.4, 0.5) is 18.9 Å². The Morgan fingerprint density at radius 1 is 1.00 bits per heavy atom. The molecule has 0 atom stereocenters. The van der Waals surface area contributed by atoms with Crippen molar-refractivity contribution in [3.8, 4) is 22.1 Å². The SMILES string of the molecule is COc1cc(-c2nc(C(=O)Nc3ccccc3F)cs2)ccc1OCc1ccc(F)cc1F. The second kappa shape index (κ2) is 9.74. The van der Waals surface area contributed by atoms with E-state index in [4.69, 9.17) is 9.47 Å². The maximum Gasteiger partial charge on any atom is 0.275 e. The molecule has 1 aromatic heterocycles. The molecule has 0 aliphatic rings. The van der Waals surface area contributed by atoms with Crippen molar-refractivity contribution in [2.75, 3.05) is 12.4 Å². The van der Waals surface area contributed by atoms with Gasteiger partial charge in [-0.05, 0) is 42.5 Å². The van der Waals surface area contributed by atoms with E-state index in [-0.39, 0.29) is 23.6 Å². The summed E-state index contributed by atoms with van der Waals surface area (Å²) in [6.45, 7) is -0.112. The highest BCUT2D eigenvalue weighted by Gasteiger charge is 2.16. The van der Waals surface area contributed by atoms with E-state index in [1.54, 1.807) is 29.6 Å². The lowest BCUT2D eigenvalue weighted by Crippen LogP contribution is -2.13. The largest absolute Gasteiger partial charge is 0.493 e. The molecule has 1 amide bonds. The summed E-state index contributed by atoms with van der Waals surface area (Å²) in [5.74, 6) is -1.70. The number of aromatic nitrogens is 1. The number of amides is 1. The second-order valence-corrected chi connectivity index (χ2v) is 7.72. The molecule has 5 nitrogen and oxygen atoms in total. The van der Waals surface area contributed by atoms with Crippen molar-refractivity contribution in [1.82, 2.24) is 4.98 Å². The first kappa shape index (κ1) is 22.3. The summed E-state index contributed by atoms with van der Waals surface area (Å²) in [6.07, 6.45) is 0. The maximum atomic E-state index is 13.8. The Kier molecular flexibility index (Phi) is 6.60. The lowest BCUT2D eigenvalue weighted by molar-refractivity contribution is 0.102. The van der Waals surface area contributed by atoms with E-state index in [1.807, 2.05) is 0 Å². The zero-order chi connectivity index (χ0) is 23.4. The number of carbonyl (C=O) groups is 1. The quantitative estimate of drug-likeness (QED) is 0.356. The molecule has 0 aliphatic carbocycles. The van der Waals surface area contributed by atoms with Gasteiger partial charge >= 0.3 is 0 Å². The molecule has 0 spiro atoms. The zero-order valence-corrected chi connectivity index (χ0v) is 18.1. The highest BCUT2D eigenvalue weighted by Crippen LogP contribution is 2.34. The predicted molar refractivity (Wildman–Crippen MR) is 119 cm³/mol.